The van der Waals surface area contributed by atoms with E-state index in [2.05, 4.69) is 130 Å². The summed E-state index contributed by atoms with van der Waals surface area (Å²) in [4.78, 5) is 15.1. The van der Waals surface area contributed by atoms with Crippen LogP contribution in [0.4, 0.5) is 0 Å². The van der Waals surface area contributed by atoms with Gasteiger partial charge in [0.25, 0.3) is 5.56 Å². The first-order valence-electron chi connectivity index (χ1n) is 15.9. The van der Waals surface area contributed by atoms with E-state index in [0.29, 0.717) is 5.39 Å². The van der Waals surface area contributed by atoms with Crippen molar-refractivity contribution in [2.45, 2.75) is 0 Å². The first kappa shape index (κ1) is 25.9. The number of rotatable bonds is 3. The van der Waals surface area contributed by atoms with Crippen LogP contribution in [0.3, 0.4) is 0 Å². The maximum absolute atomic E-state index is 15.1. The first-order chi connectivity index (χ1) is 23.3. The Morgan fingerprint density at radius 3 is 1.36 bits per heavy atom. The van der Waals surface area contributed by atoms with Crippen LogP contribution in [0.2, 0.25) is 0 Å². The molecule has 7 aromatic carbocycles. The molecule has 10 rings (SSSR count). The van der Waals surface area contributed by atoms with Gasteiger partial charge >= 0.3 is 0 Å². The zero-order valence-corrected chi connectivity index (χ0v) is 25.3. The highest BCUT2D eigenvalue weighted by Gasteiger charge is 2.22. The van der Waals surface area contributed by atoms with E-state index >= 15 is 4.79 Å². The maximum atomic E-state index is 15.1. The summed E-state index contributed by atoms with van der Waals surface area (Å²) < 4.78 is 6.57. The van der Waals surface area contributed by atoms with Crippen molar-refractivity contribution in [1.82, 2.24) is 13.7 Å². The maximum Gasteiger partial charge on any atom is 0.263 e. The normalized spacial score (nSPS) is 11.9. The van der Waals surface area contributed by atoms with Gasteiger partial charge in [-0.2, -0.15) is 0 Å². The first-order valence-corrected chi connectivity index (χ1v) is 15.9. The molecule has 0 fully saturated rings. The van der Waals surface area contributed by atoms with Crippen LogP contribution in [0, 0.1) is 0 Å². The van der Waals surface area contributed by atoms with Crippen LogP contribution in [0.5, 0.6) is 0 Å². The summed E-state index contributed by atoms with van der Waals surface area (Å²) in [5, 5.41) is 7.12. The molecule has 0 aliphatic heterocycles. The van der Waals surface area contributed by atoms with Crippen LogP contribution in [-0.4, -0.2) is 13.7 Å². The van der Waals surface area contributed by atoms with E-state index in [1.807, 2.05) is 47.0 Å². The molecular weight excluding hydrogens is 574 g/mol. The summed E-state index contributed by atoms with van der Waals surface area (Å²) in [7, 11) is 0. The molecule has 4 heteroatoms. The molecule has 0 aliphatic rings. The lowest BCUT2D eigenvalue weighted by atomic mass is 10.0. The van der Waals surface area contributed by atoms with Gasteiger partial charge in [0.2, 0.25) is 0 Å². The minimum atomic E-state index is -0.0329. The van der Waals surface area contributed by atoms with E-state index in [-0.39, 0.29) is 5.56 Å². The lowest BCUT2D eigenvalue weighted by Gasteiger charge is -2.17. The second-order valence-electron chi connectivity index (χ2n) is 12.1. The van der Waals surface area contributed by atoms with Gasteiger partial charge in [-0.25, -0.2) is 0 Å². The topological polar surface area (TPSA) is 31.9 Å². The van der Waals surface area contributed by atoms with Crippen LogP contribution in [0.1, 0.15) is 0 Å². The Labute approximate surface area is 269 Å². The van der Waals surface area contributed by atoms with Crippen molar-refractivity contribution in [1.29, 1.82) is 0 Å². The third kappa shape index (κ3) is 3.61. The number of benzene rings is 7. The van der Waals surface area contributed by atoms with Gasteiger partial charge in [-0.3, -0.25) is 9.36 Å². The monoisotopic (exact) mass is 601 g/mol. The standard InChI is InChI=1S/C43H27N3O/c47-43-37-26-36-32-21-11-12-22-38(32)44(28-14-4-1-5-15-28)40(36)27-35(37)34-25-24-33-31-20-10-13-23-39(31)45(29-16-6-2-7-17-29)41(33)42(34)46(43)30-18-8-3-9-19-30/h1-27H. The van der Waals surface area contributed by atoms with Crippen molar-refractivity contribution < 1.29 is 0 Å². The molecule has 0 spiro atoms. The number of hydrogen-bond donors (Lipinski definition) is 0. The quantitative estimate of drug-likeness (QED) is 0.185. The Kier molecular flexibility index (Phi) is 5.40. The van der Waals surface area contributed by atoms with Crippen LogP contribution in [0.15, 0.2) is 169 Å². The lowest BCUT2D eigenvalue weighted by Crippen LogP contribution is -2.20. The van der Waals surface area contributed by atoms with E-state index in [4.69, 9.17) is 0 Å². The average Bonchev–Trinajstić information content (AvgIpc) is 3.65. The van der Waals surface area contributed by atoms with Gasteiger partial charge in [0.05, 0.1) is 27.6 Å². The molecule has 0 saturated carbocycles. The number of hydrogen-bond acceptors (Lipinski definition) is 1. The van der Waals surface area contributed by atoms with E-state index < -0.39 is 0 Å². The summed E-state index contributed by atoms with van der Waals surface area (Å²) in [5.74, 6) is 0. The molecule has 10 aromatic rings. The summed E-state index contributed by atoms with van der Waals surface area (Å²) in [6.45, 7) is 0. The highest BCUT2D eigenvalue weighted by atomic mass is 16.1. The Bertz CT molecular complexity index is 2900. The lowest BCUT2D eigenvalue weighted by molar-refractivity contribution is 1.06. The van der Waals surface area contributed by atoms with Crippen molar-refractivity contribution in [3.05, 3.63) is 174 Å². The molecule has 4 nitrogen and oxygen atoms in total. The molecule has 0 aliphatic carbocycles. The Hall–Kier alpha value is -6.39. The van der Waals surface area contributed by atoms with Crippen molar-refractivity contribution in [3.63, 3.8) is 0 Å². The minimum Gasteiger partial charge on any atom is -0.309 e. The van der Waals surface area contributed by atoms with Crippen LogP contribution in [-0.2, 0) is 0 Å². The third-order valence-corrected chi connectivity index (χ3v) is 9.61. The molecule has 47 heavy (non-hydrogen) atoms. The Morgan fingerprint density at radius 2 is 0.745 bits per heavy atom. The van der Waals surface area contributed by atoms with E-state index in [1.54, 1.807) is 0 Å². The summed E-state index contributed by atoms with van der Waals surface area (Å²) in [6, 6.07) is 56.8. The molecule has 0 unspecified atom stereocenters. The average molecular weight is 602 g/mol. The van der Waals surface area contributed by atoms with Gasteiger partial charge < -0.3 is 9.13 Å². The molecule has 0 N–H and O–H groups in total. The van der Waals surface area contributed by atoms with Gasteiger partial charge in [-0.15, -0.1) is 0 Å². The SMILES string of the molecule is O=c1c2cc3c4ccccc4n(-c4ccccc4)c3cc2c2ccc3c4ccccc4n(-c4ccccc4)c3c2n1-c1ccccc1. The molecule has 3 aromatic heterocycles. The molecule has 0 radical (unpaired) electrons. The molecule has 0 saturated heterocycles. The predicted molar refractivity (Wildman–Crippen MR) is 196 cm³/mol. The number of pyridine rings is 1. The van der Waals surface area contributed by atoms with Crippen molar-refractivity contribution in [2.75, 3.05) is 0 Å². The van der Waals surface area contributed by atoms with E-state index in [9.17, 15) is 0 Å². The highest BCUT2D eigenvalue weighted by molar-refractivity contribution is 6.24. The summed E-state index contributed by atoms with van der Waals surface area (Å²) in [6.07, 6.45) is 0. The number of nitrogens with zero attached hydrogens (tertiary/aromatic N) is 3. The third-order valence-electron chi connectivity index (χ3n) is 9.61. The van der Waals surface area contributed by atoms with E-state index in [1.165, 1.54) is 0 Å². The predicted octanol–water partition coefficient (Wildman–Crippen LogP) is 10.3. The largest absolute Gasteiger partial charge is 0.309 e. The number of fused-ring (bicyclic) bond motifs is 10. The fourth-order valence-corrected chi connectivity index (χ4v) is 7.64. The molecule has 0 atom stereocenters. The van der Waals surface area contributed by atoms with Crippen LogP contribution in [0.25, 0.3) is 82.3 Å². The van der Waals surface area contributed by atoms with Gasteiger partial charge in [0.1, 0.15) is 0 Å². The second kappa shape index (κ2) is 9.80. The van der Waals surface area contributed by atoms with Crippen LogP contribution < -0.4 is 5.56 Å². The van der Waals surface area contributed by atoms with Gasteiger partial charge in [0.15, 0.2) is 0 Å². The Morgan fingerprint density at radius 1 is 0.298 bits per heavy atom. The smallest absolute Gasteiger partial charge is 0.263 e. The Balaban J connectivity index is 1.48. The molecule has 0 bridgehead atoms. The molecular formula is C43H27N3O. The fraction of sp³-hybridized carbons (Fsp3) is 0. The van der Waals surface area contributed by atoms with Gasteiger partial charge in [0, 0.05) is 49.4 Å². The van der Waals surface area contributed by atoms with Crippen molar-refractivity contribution >= 4 is 65.3 Å². The van der Waals surface area contributed by atoms with Crippen molar-refractivity contribution in [2.24, 2.45) is 0 Å². The number of para-hydroxylation sites is 5. The summed E-state index contributed by atoms with van der Waals surface area (Å²) in [5.41, 5.74) is 8.16. The minimum absolute atomic E-state index is 0.0329. The van der Waals surface area contributed by atoms with Crippen LogP contribution >= 0.6 is 0 Å². The van der Waals surface area contributed by atoms with Gasteiger partial charge in [-0.1, -0.05) is 103 Å². The highest BCUT2D eigenvalue weighted by Crippen LogP contribution is 2.41. The van der Waals surface area contributed by atoms with Crippen molar-refractivity contribution in [3.8, 4) is 17.1 Å². The zero-order valence-electron chi connectivity index (χ0n) is 25.3. The fourth-order valence-electron chi connectivity index (χ4n) is 7.64. The molecule has 0 amide bonds. The van der Waals surface area contributed by atoms with E-state index in [0.717, 1.165) is 77.0 Å². The molecule has 3 heterocycles. The molecule has 220 valence electrons. The number of aromatic nitrogens is 3. The zero-order chi connectivity index (χ0) is 31.1. The summed E-state index contributed by atoms with van der Waals surface area (Å²) >= 11 is 0. The van der Waals surface area contributed by atoms with Gasteiger partial charge in [-0.05, 0) is 66.0 Å². The second-order valence-corrected chi connectivity index (χ2v) is 12.1.